The second kappa shape index (κ2) is 6.87. The molecule has 0 unspecified atom stereocenters. The van der Waals surface area contributed by atoms with Crippen LogP contribution in [0.4, 0.5) is 0 Å². The quantitative estimate of drug-likeness (QED) is 0.635. The molecule has 1 aromatic carbocycles. The van der Waals surface area contributed by atoms with Crippen LogP contribution in [-0.4, -0.2) is 26.8 Å². The minimum Gasteiger partial charge on any atom is -0.462 e. The van der Waals surface area contributed by atoms with Crippen LogP contribution < -0.4 is 0 Å². The molecule has 0 aliphatic carbocycles. The van der Waals surface area contributed by atoms with Crippen molar-refractivity contribution in [1.82, 2.24) is 14.2 Å². The second-order valence-corrected chi connectivity index (χ2v) is 6.19. The van der Waals surface area contributed by atoms with Crippen LogP contribution in [0.2, 0.25) is 10.0 Å². The van der Waals surface area contributed by atoms with Gasteiger partial charge < -0.3 is 9.30 Å². The first-order valence-electron chi connectivity index (χ1n) is 7.72. The Hall–Kier alpha value is -1.98. The van der Waals surface area contributed by atoms with E-state index in [4.69, 9.17) is 27.9 Å². The zero-order valence-electron chi connectivity index (χ0n) is 13.4. The zero-order valence-corrected chi connectivity index (χ0v) is 14.9. The van der Waals surface area contributed by atoms with Gasteiger partial charge in [-0.05, 0) is 31.0 Å². The maximum absolute atomic E-state index is 12.2. The number of hydrogen-bond acceptors (Lipinski definition) is 3. The molecule has 0 atom stereocenters. The summed E-state index contributed by atoms with van der Waals surface area (Å²) in [5.74, 6) is -0.378. The molecule has 0 spiro atoms. The molecular formula is C17H17Cl2N3O2. The molecule has 2 aromatic heterocycles. The summed E-state index contributed by atoms with van der Waals surface area (Å²) in [4.78, 5) is 12.2. The molecular weight excluding hydrogens is 349 g/mol. The first-order valence-corrected chi connectivity index (χ1v) is 8.47. The van der Waals surface area contributed by atoms with Gasteiger partial charge in [0.05, 0.1) is 25.5 Å². The molecule has 0 aliphatic heterocycles. The average molecular weight is 366 g/mol. The van der Waals surface area contributed by atoms with Crippen molar-refractivity contribution in [1.29, 1.82) is 0 Å². The van der Waals surface area contributed by atoms with Crippen molar-refractivity contribution in [3.63, 3.8) is 0 Å². The highest BCUT2D eigenvalue weighted by atomic mass is 35.5. The number of imidazole rings is 1. The maximum atomic E-state index is 12.2. The number of halogens is 2. The molecule has 0 aliphatic rings. The maximum Gasteiger partial charge on any atom is 0.343 e. The number of rotatable bonds is 5. The monoisotopic (exact) mass is 365 g/mol. The van der Waals surface area contributed by atoms with Gasteiger partial charge in [-0.2, -0.15) is 5.10 Å². The highest BCUT2D eigenvalue weighted by Crippen LogP contribution is 2.25. The Morgan fingerprint density at radius 2 is 2.08 bits per heavy atom. The summed E-state index contributed by atoms with van der Waals surface area (Å²) in [6, 6.07) is 5.41. The number of carbonyl (C=O) groups excluding carboxylic acids is 1. The van der Waals surface area contributed by atoms with Gasteiger partial charge in [0.1, 0.15) is 5.56 Å². The summed E-state index contributed by atoms with van der Waals surface area (Å²) in [5.41, 5.74) is 3.12. The summed E-state index contributed by atoms with van der Waals surface area (Å²) in [5, 5.41) is 5.45. The Kier molecular flexibility index (Phi) is 4.83. The fourth-order valence-electron chi connectivity index (χ4n) is 2.70. The Morgan fingerprint density at radius 3 is 2.75 bits per heavy atom. The molecule has 2 heterocycles. The predicted octanol–water partition coefficient (Wildman–Crippen LogP) is 4.23. The van der Waals surface area contributed by atoms with Gasteiger partial charge >= 0.3 is 5.97 Å². The van der Waals surface area contributed by atoms with E-state index < -0.39 is 0 Å². The topological polar surface area (TPSA) is 48.5 Å². The molecule has 24 heavy (non-hydrogen) atoms. The summed E-state index contributed by atoms with van der Waals surface area (Å²) < 4.78 is 8.87. The van der Waals surface area contributed by atoms with E-state index in [9.17, 15) is 4.79 Å². The van der Waals surface area contributed by atoms with E-state index in [0.29, 0.717) is 34.4 Å². The van der Waals surface area contributed by atoms with Gasteiger partial charge in [-0.25, -0.2) is 9.31 Å². The van der Waals surface area contributed by atoms with Crippen LogP contribution >= 0.6 is 23.2 Å². The first-order chi connectivity index (χ1) is 11.5. The number of ether oxygens (including phenoxy) is 1. The van der Waals surface area contributed by atoms with Gasteiger partial charge in [-0.3, -0.25) is 0 Å². The van der Waals surface area contributed by atoms with Crippen molar-refractivity contribution in [3.05, 3.63) is 57.5 Å². The summed E-state index contributed by atoms with van der Waals surface area (Å²) in [7, 11) is 0. The largest absolute Gasteiger partial charge is 0.462 e. The standard InChI is InChI=1S/C17H17Cl2N3O2/c1-3-13-10-22-16(14(8-20-22)17(23)24-4-2)21(13)9-11-5-6-12(18)7-15(11)19/h5-8,10H,3-4,9H2,1-2H3. The molecule has 7 heteroatoms. The van der Waals surface area contributed by atoms with E-state index in [1.54, 1.807) is 23.6 Å². The molecule has 0 fully saturated rings. The lowest BCUT2D eigenvalue weighted by atomic mass is 10.2. The van der Waals surface area contributed by atoms with E-state index in [-0.39, 0.29) is 5.97 Å². The van der Waals surface area contributed by atoms with Crippen LogP contribution in [-0.2, 0) is 17.7 Å². The minimum absolute atomic E-state index is 0.320. The van der Waals surface area contributed by atoms with Gasteiger partial charge in [0.15, 0.2) is 5.65 Å². The van der Waals surface area contributed by atoms with E-state index in [0.717, 1.165) is 17.7 Å². The number of esters is 1. The third-order valence-electron chi connectivity index (χ3n) is 3.84. The number of aryl methyl sites for hydroxylation is 1. The van der Waals surface area contributed by atoms with E-state index >= 15 is 0 Å². The minimum atomic E-state index is -0.378. The molecule has 126 valence electrons. The SMILES string of the molecule is CCOC(=O)c1cnn2cc(CC)n(Cc3ccc(Cl)cc3Cl)c12. The fraction of sp³-hybridized carbons (Fsp3) is 0.294. The van der Waals surface area contributed by atoms with Crippen LogP contribution in [0.25, 0.3) is 5.65 Å². The van der Waals surface area contributed by atoms with Crippen molar-refractivity contribution in [2.45, 2.75) is 26.8 Å². The normalized spacial score (nSPS) is 11.2. The molecule has 3 rings (SSSR count). The van der Waals surface area contributed by atoms with Crippen LogP contribution in [0.1, 0.15) is 35.5 Å². The van der Waals surface area contributed by atoms with Crippen LogP contribution in [0.3, 0.4) is 0 Å². The predicted molar refractivity (Wildman–Crippen MR) is 94.1 cm³/mol. The van der Waals surface area contributed by atoms with Gasteiger partial charge in [0.25, 0.3) is 0 Å². The number of aromatic nitrogens is 3. The molecule has 0 N–H and O–H groups in total. The van der Waals surface area contributed by atoms with Gasteiger partial charge in [0, 0.05) is 15.7 Å². The highest BCUT2D eigenvalue weighted by Gasteiger charge is 2.20. The number of nitrogens with zero attached hydrogens (tertiary/aromatic N) is 3. The smallest absolute Gasteiger partial charge is 0.343 e. The number of carbonyl (C=O) groups is 1. The highest BCUT2D eigenvalue weighted by molar-refractivity contribution is 6.35. The second-order valence-electron chi connectivity index (χ2n) is 5.34. The Bertz CT molecular complexity index is 899. The third kappa shape index (κ3) is 3.01. The summed E-state index contributed by atoms with van der Waals surface area (Å²) in [6.45, 7) is 4.68. The van der Waals surface area contributed by atoms with Gasteiger partial charge in [-0.1, -0.05) is 36.2 Å². The van der Waals surface area contributed by atoms with Crippen molar-refractivity contribution in [3.8, 4) is 0 Å². The molecule has 0 radical (unpaired) electrons. The molecule has 0 saturated carbocycles. The van der Waals surface area contributed by atoms with E-state index in [1.807, 2.05) is 16.8 Å². The van der Waals surface area contributed by atoms with Gasteiger partial charge in [-0.15, -0.1) is 0 Å². The summed E-state index contributed by atoms with van der Waals surface area (Å²) in [6.07, 6.45) is 4.26. The number of fused-ring (bicyclic) bond motifs is 1. The van der Waals surface area contributed by atoms with Gasteiger partial charge in [0.2, 0.25) is 0 Å². The van der Waals surface area contributed by atoms with E-state index in [2.05, 4.69) is 12.0 Å². The lowest BCUT2D eigenvalue weighted by Crippen LogP contribution is -2.09. The zero-order chi connectivity index (χ0) is 17.3. The van der Waals surface area contributed by atoms with Crippen LogP contribution in [0, 0.1) is 0 Å². The number of benzene rings is 1. The van der Waals surface area contributed by atoms with E-state index in [1.165, 1.54) is 6.20 Å². The van der Waals surface area contributed by atoms with Crippen molar-refractivity contribution in [2.24, 2.45) is 0 Å². The Balaban J connectivity index is 2.11. The molecule has 0 saturated heterocycles. The molecule has 0 bridgehead atoms. The molecule has 5 nitrogen and oxygen atoms in total. The Labute approximate surface area is 149 Å². The number of hydrogen-bond donors (Lipinski definition) is 0. The first kappa shape index (κ1) is 16.9. The molecule has 3 aromatic rings. The molecule has 0 amide bonds. The third-order valence-corrected chi connectivity index (χ3v) is 4.43. The lowest BCUT2D eigenvalue weighted by molar-refractivity contribution is 0.0528. The van der Waals surface area contributed by atoms with Crippen LogP contribution in [0.5, 0.6) is 0 Å². The van der Waals surface area contributed by atoms with Crippen molar-refractivity contribution < 1.29 is 9.53 Å². The van der Waals surface area contributed by atoms with Crippen LogP contribution in [0.15, 0.2) is 30.6 Å². The fourth-order valence-corrected chi connectivity index (χ4v) is 3.17. The van der Waals surface area contributed by atoms with Crippen molar-refractivity contribution in [2.75, 3.05) is 6.61 Å². The lowest BCUT2D eigenvalue weighted by Gasteiger charge is -2.11. The Morgan fingerprint density at radius 1 is 1.29 bits per heavy atom. The average Bonchev–Trinajstić information content (AvgIpc) is 3.09. The summed E-state index contributed by atoms with van der Waals surface area (Å²) >= 11 is 12.3. The van der Waals surface area contributed by atoms with Crippen molar-refractivity contribution >= 4 is 34.8 Å².